The fourth-order valence-corrected chi connectivity index (χ4v) is 1.54. The molecule has 1 fully saturated rings. The second kappa shape index (κ2) is 3.41. The van der Waals surface area contributed by atoms with E-state index < -0.39 is 6.36 Å². The molecule has 1 aromatic rings. The van der Waals surface area contributed by atoms with Gasteiger partial charge in [0, 0.05) is 12.0 Å². The molecule has 2 rings (SSSR count). The van der Waals surface area contributed by atoms with Gasteiger partial charge in [0.25, 0.3) is 0 Å². The molecule has 0 amide bonds. The first-order valence-corrected chi connectivity index (χ1v) is 4.57. The largest absolute Gasteiger partial charge is 0.573 e. The number of halogens is 3. The van der Waals surface area contributed by atoms with E-state index in [9.17, 15) is 13.2 Å². The van der Waals surface area contributed by atoms with Crippen LogP contribution in [-0.4, -0.2) is 12.4 Å². The molecular weight excluding hydrogens is 207 g/mol. The van der Waals surface area contributed by atoms with E-state index in [1.807, 2.05) is 0 Å². The van der Waals surface area contributed by atoms with E-state index >= 15 is 0 Å². The van der Waals surface area contributed by atoms with Crippen LogP contribution in [0.5, 0.6) is 5.75 Å². The van der Waals surface area contributed by atoms with Crippen LogP contribution < -0.4 is 10.5 Å². The van der Waals surface area contributed by atoms with Gasteiger partial charge in [-0.25, -0.2) is 0 Å². The smallest absolute Gasteiger partial charge is 0.406 e. The van der Waals surface area contributed by atoms with Crippen molar-refractivity contribution < 1.29 is 17.9 Å². The number of hydrogen-bond donors (Lipinski definition) is 1. The lowest BCUT2D eigenvalue weighted by Crippen LogP contribution is -2.17. The number of hydrogen-bond acceptors (Lipinski definition) is 2. The molecule has 0 bridgehead atoms. The fraction of sp³-hybridized carbons (Fsp3) is 0.400. The van der Waals surface area contributed by atoms with E-state index in [1.165, 1.54) is 12.1 Å². The van der Waals surface area contributed by atoms with E-state index in [2.05, 4.69) is 4.74 Å². The third-order valence-electron chi connectivity index (χ3n) is 2.36. The van der Waals surface area contributed by atoms with Crippen molar-refractivity contribution in [3.63, 3.8) is 0 Å². The van der Waals surface area contributed by atoms with Crippen molar-refractivity contribution in [1.29, 1.82) is 0 Å². The summed E-state index contributed by atoms with van der Waals surface area (Å²) in [6.07, 6.45) is -3.81. The Bertz CT molecular complexity index is 364. The van der Waals surface area contributed by atoms with Crippen molar-refractivity contribution in [3.8, 4) is 5.75 Å². The molecule has 0 aromatic heterocycles. The quantitative estimate of drug-likeness (QED) is 0.825. The maximum atomic E-state index is 11.9. The average molecular weight is 217 g/mol. The molecule has 0 saturated heterocycles. The van der Waals surface area contributed by atoms with E-state index in [1.54, 1.807) is 12.1 Å². The molecule has 1 aliphatic rings. The minimum absolute atomic E-state index is 0.0751. The summed E-state index contributed by atoms with van der Waals surface area (Å²) in [4.78, 5) is 0. The van der Waals surface area contributed by atoms with E-state index in [0.29, 0.717) is 0 Å². The summed E-state index contributed by atoms with van der Waals surface area (Å²) < 4.78 is 39.6. The summed E-state index contributed by atoms with van der Waals surface area (Å²) in [5, 5.41) is 0. The van der Waals surface area contributed by atoms with Crippen LogP contribution in [0, 0.1) is 0 Å². The van der Waals surface area contributed by atoms with E-state index in [4.69, 9.17) is 5.73 Å². The molecular formula is C10H10F3NO. The van der Waals surface area contributed by atoms with Gasteiger partial charge >= 0.3 is 6.36 Å². The van der Waals surface area contributed by atoms with Crippen molar-refractivity contribution in [2.75, 3.05) is 0 Å². The van der Waals surface area contributed by atoms with E-state index in [0.717, 1.165) is 12.0 Å². The Morgan fingerprint density at radius 3 is 2.53 bits per heavy atom. The second-order valence-corrected chi connectivity index (χ2v) is 3.63. The summed E-state index contributed by atoms with van der Waals surface area (Å²) in [6, 6.07) is 6.06. The van der Waals surface area contributed by atoms with Crippen LogP contribution in [-0.2, 0) is 0 Å². The predicted octanol–water partition coefficient (Wildman–Crippen LogP) is 2.40. The first kappa shape index (κ1) is 10.3. The molecule has 2 N–H and O–H groups in total. The number of benzene rings is 1. The summed E-state index contributed by atoms with van der Waals surface area (Å²) in [6.45, 7) is 0. The maximum Gasteiger partial charge on any atom is 0.573 e. The highest BCUT2D eigenvalue weighted by atomic mass is 19.4. The first-order valence-electron chi connectivity index (χ1n) is 4.57. The SMILES string of the molecule is NC1CC1c1cccc(OC(F)(F)F)c1. The van der Waals surface area contributed by atoms with Gasteiger partial charge in [-0.05, 0) is 24.1 Å². The zero-order valence-electron chi connectivity index (χ0n) is 7.79. The number of alkyl halides is 3. The molecule has 0 heterocycles. The van der Waals surface area contributed by atoms with Gasteiger partial charge in [-0.2, -0.15) is 0 Å². The van der Waals surface area contributed by atoms with E-state index in [-0.39, 0.29) is 17.7 Å². The Labute approximate surface area is 84.8 Å². The zero-order chi connectivity index (χ0) is 11.1. The summed E-state index contributed by atoms with van der Waals surface area (Å²) in [5.74, 6) is 0.000818. The zero-order valence-corrected chi connectivity index (χ0v) is 7.79. The second-order valence-electron chi connectivity index (χ2n) is 3.63. The molecule has 0 spiro atoms. The number of nitrogens with two attached hydrogens (primary N) is 1. The van der Waals surface area contributed by atoms with Crippen molar-refractivity contribution >= 4 is 0 Å². The Kier molecular flexibility index (Phi) is 2.34. The minimum atomic E-state index is -4.63. The van der Waals surface area contributed by atoms with Gasteiger partial charge in [0.05, 0.1) is 0 Å². The Morgan fingerprint density at radius 2 is 2.00 bits per heavy atom. The third kappa shape index (κ3) is 2.62. The molecule has 0 radical (unpaired) electrons. The normalized spacial score (nSPS) is 25.1. The number of rotatable bonds is 2. The lowest BCUT2D eigenvalue weighted by Gasteiger charge is -2.09. The van der Waals surface area contributed by atoms with Crippen LogP contribution >= 0.6 is 0 Å². The van der Waals surface area contributed by atoms with Crippen LogP contribution in [0.4, 0.5) is 13.2 Å². The van der Waals surface area contributed by atoms with Crippen LogP contribution in [0.2, 0.25) is 0 Å². The monoisotopic (exact) mass is 217 g/mol. The summed E-state index contributed by atoms with van der Waals surface area (Å²) >= 11 is 0. The molecule has 5 heteroatoms. The summed E-state index contributed by atoms with van der Waals surface area (Å²) in [5.41, 5.74) is 6.42. The highest BCUT2D eigenvalue weighted by Crippen LogP contribution is 2.40. The molecule has 1 aromatic carbocycles. The highest BCUT2D eigenvalue weighted by molar-refractivity contribution is 5.35. The Morgan fingerprint density at radius 1 is 1.33 bits per heavy atom. The fourth-order valence-electron chi connectivity index (χ4n) is 1.54. The predicted molar refractivity (Wildman–Crippen MR) is 48.5 cm³/mol. The van der Waals surface area contributed by atoms with Gasteiger partial charge in [-0.1, -0.05) is 12.1 Å². The van der Waals surface area contributed by atoms with Gasteiger partial charge in [0.2, 0.25) is 0 Å². The lowest BCUT2D eigenvalue weighted by atomic mass is 10.1. The maximum absolute atomic E-state index is 11.9. The number of ether oxygens (including phenoxy) is 1. The standard InChI is InChI=1S/C10H10F3NO/c11-10(12,13)15-7-3-1-2-6(4-7)8-5-9(8)14/h1-4,8-9H,5,14H2. The van der Waals surface area contributed by atoms with Gasteiger partial charge in [-0.15, -0.1) is 13.2 Å². The third-order valence-corrected chi connectivity index (χ3v) is 2.36. The molecule has 2 atom stereocenters. The topological polar surface area (TPSA) is 35.2 Å². The average Bonchev–Trinajstić information content (AvgIpc) is 2.80. The van der Waals surface area contributed by atoms with Gasteiger partial charge < -0.3 is 10.5 Å². The highest BCUT2D eigenvalue weighted by Gasteiger charge is 2.36. The Balaban J connectivity index is 2.13. The molecule has 2 unspecified atom stereocenters. The van der Waals surface area contributed by atoms with Crippen molar-refractivity contribution in [3.05, 3.63) is 29.8 Å². The van der Waals surface area contributed by atoms with Crippen molar-refractivity contribution in [1.82, 2.24) is 0 Å². The molecule has 0 aliphatic heterocycles. The molecule has 15 heavy (non-hydrogen) atoms. The van der Waals surface area contributed by atoms with Crippen molar-refractivity contribution in [2.45, 2.75) is 24.7 Å². The van der Waals surface area contributed by atoms with Gasteiger partial charge in [-0.3, -0.25) is 0 Å². The van der Waals surface area contributed by atoms with Gasteiger partial charge in [0.15, 0.2) is 0 Å². The van der Waals surface area contributed by atoms with Crippen LogP contribution in [0.1, 0.15) is 17.9 Å². The lowest BCUT2D eigenvalue weighted by molar-refractivity contribution is -0.274. The Hall–Kier alpha value is -1.23. The first-order chi connectivity index (χ1) is 6.96. The van der Waals surface area contributed by atoms with Crippen LogP contribution in [0.25, 0.3) is 0 Å². The molecule has 1 aliphatic carbocycles. The van der Waals surface area contributed by atoms with Gasteiger partial charge in [0.1, 0.15) is 5.75 Å². The van der Waals surface area contributed by atoms with Crippen molar-refractivity contribution in [2.24, 2.45) is 5.73 Å². The van der Waals surface area contributed by atoms with Crippen LogP contribution in [0.15, 0.2) is 24.3 Å². The summed E-state index contributed by atoms with van der Waals surface area (Å²) in [7, 11) is 0. The van der Waals surface area contributed by atoms with Crippen LogP contribution in [0.3, 0.4) is 0 Å². The minimum Gasteiger partial charge on any atom is -0.406 e. The molecule has 1 saturated carbocycles. The molecule has 2 nitrogen and oxygen atoms in total. The molecule has 82 valence electrons.